The van der Waals surface area contributed by atoms with E-state index in [1.54, 1.807) is 25.6 Å². The van der Waals surface area contributed by atoms with Crippen LogP contribution < -0.4 is 10.1 Å². The highest BCUT2D eigenvalue weighted by Gasteiger charge is 2.17. The SMILES string of the molecule is COc1nc(Nc2cc(C)nc3c2nc(-c2ccc(F)cc2)n3C)ccc1-n1cnc(C)c1. The highest BCUT2D eigenvalue weighted by molar-refractivity contribution is 5.90. The molecule has 0 amide bonds. The zero-order valence-corrected chi connectivity index (χ0v) is 18.7. The van der Waals surface area contributed by atoms with E-state index in [-0.39, 0.29) is 5.82 Å². The molecule has 5 aromatic rings. The van der Waals surface area contributed by atoms with E-state index < -0.39 is 0 Å². The predicted octanol–water partition coefficient (Wildman–Crippen LogP) is 4.72. The molecule has 0 spiro atoms. The lowest BCUT2D eigenvalue weighted by Gasteiger charge is -2.12. The summed E-state index contributed by atoms with van der Waals surface area (Å²) in [7, 11) is 3.48. The number of halogens is 1. The van der Waals surface area contributed by atoms with Crippen molar-refractivity contribution >= 4 is 22.7 Å². The molecule has 0 atom stereocenters. The van der Waals surface area contributed by atoms with Crippen LogP contribution in [0.1, 0.15) is 11.4 Å². The number of nitrogens with zero attached hydrogens (tertiary/aromatic N) is 6. The average molecular weight is 443 g/mol. The van der Waals surface area contributed by atoms with Crippen LogP contribution in [-0.2, 0) is 7.05 Å². The number of fused-ring (bicyclic) bond motifs is 1. The minimum absolute atomic E-state index is 0.289. The number of imidazole rings is 2. The maximum Gasteiger partial charge on any atom is 0.240 e. The molecular formula is C24H22FN7O. The number of methoxy groups -OCH3 is 1. The molecule has 4 aromatic heterocycles. The lowest BCUT2D eigenvalue weighted by molar-refractivity contribution is 0.396. The van der Waals surface area contributed by atoms with E-state index in [4.69, 9.17) is 9.72 Å². The Hall–Kier alpha value is -4.27. The minimum atomic E-state index is -0.289. The zero-order valence-electron chi connectivity index (χ0n) is 18.7. The van der Waals surface area contributed by atoms with E-state index in [2.05, 4.69) is 20.3 Å². The lowest BCUT2D eigenvalue weighted by atomic mass is 10.2. The second-order valence-corrected chi connectivity index (χ2v) is 7.76. The number of pyridine rings is 2. The summed E-state index contributed by atoms with van der Waals surface area (Å²) in [5, 5.41) is 3.36. The number of rotatable bonds is 5. The highest BCUT2D eigenvalue weighted by Crippen LogP contribution is 2.31. The van der Waals surface area contributed by atoms with Gasteiger partial charge in [0.05, 0.1) is 24.8 Å². The Kier molecular flexibility index (Phi) is 5.01. The number of hydrogen-bond acceptors (Lipinski definition) is 6. The van der Waals surface area contributed by atoms with Crippen LogP contribution in [0.4, 0.5) is 15.9 Å². The average Bonchev–Trinajstić information content (AvgIpc) is 3.38. The van der Waals surface area contributed by atoms with Gasteiger partial charge in [-0.15, -0.1) is 0 Å². The molecule has 0 aliphatic rings. The summed E-state index contributed by atoms with van der Waals surface area (Å²) in [5.74, 6) is 1.48. The van der Waals surface area contributed by atoms with Crippen LogP contribution in [0.2, 0.25) is 0 Å². The predicted molar refractivity (Wildman–Crippen MR) is 125 cm³/mol. The van der Waals surface area contributed by atoms with Crippen molar-refractivity contribution in [2.45, 2.75) is 13.8 Å². The number of anilines is 2. The fourth-order valence-corrected chi connectivity index (χ4v) is 3.77. The van der Waals surface area contributed by atoms with Crippen LogP contribution in [0.25, 0.3) is 28.2 Å². The van der Waals surface area contributed by atoms with E-state index in [0.29, 0.717) is 28.7 Å². The normalized spacial score (nSPS) is 11.2. The standard InChI is InChI=1S/C24H22FN7O/c1-14-11-18(21-23(27-14)31(3)22(30-21)16-5-7-17(25)8-6-16)28-20-10-9-19(24(29-20)33-4)32-12-15(2)26-13-32/h5-13H,1-4H3,(H,27,28,29). The first-order chi connectivity index (χ1) is 15.9. The summed E-state index contributed by atoms with van der Waals surface area (Å²) in [6.45, 7) is 3.85. The molecule has 0 fully saturated rings. The Balaban J connectivity index is 1.56. The van der Waals surface area contributed by atoms with Gasteiger partial charge in [0.15, 0.2) is 5.65 Å². The van der Waals surface area contributed by atoms with Gasteiger partial charge in [-0.3, -0.25) is 0 Å². The van der Waals surface area contributed by atoms with Crippen molar-refractivity contribution < 1.29 is 9.13 Å². The van der Waals surface area contributed by atoms with Crippen LogP contribution in [-0.4, -0.2) is 36.2 Å². The summed E-state index contributed by atoms with van der Waals surface area (Å²) in [6, 6.07) is 12.0. The second kappa shape index (κ2) is 8.01. The summed E-state index contributed by atoms with van der Waals surface area (Å²) in [6.07, 6.45) is 3.63. The van der Waals surface area contributed by atoms with Gasteiger partial charge in [0, 0.05) is 24.5 Å². The largest absolute Gasteiger partial charge is 0.479 e. The molecule has 5 rings (SSSR count). The van der Waals surface area contributed by atoms with Gasteiger partial charge in [-0.05, 0) is 56.3 Å². The van der Waals surface area contributed by atoms with Gasteiger partial charge in [-0.1, -0.05) is 0 Å². The van der Waals surface area contributed by atoms with Gasteiger partial charge < -0.3 is 19.2 Å². The number of aromatic nitrogens is 6. The molecule has 33 heavy (non-hydrogen) atoms. The fraction of sp³-hybridized carbons (Fsp3) is 0.167. The smallest absolute Gasteiger partial charge is 0.240 e. The van der Waals surface area contributed by atoms with Gasteiger partial charge in [-0.2, -0.15) is 4.98 Å². The Morgan fingerprint density at radius 2 is 1.76 bits per heavy atom. The van der Waals surface area contributed by atoms with Gasteiger partial charge >= 0.3 is 0 Å². The van der Waals surface area contributed by atoms with Gasteiger partial charge in [0.2, 0.25) is 5.88 Å². The summed E-state index contributed by atoms with van der Waals surface area (Å²) < 4.78 is 22.7. The third-order valence-corrected chi connectivity index (χ3v) is 5.34. The van der Waals surface area contributed by atoms with Crippen molar-refractivity contribution in [3.8, 4) is 23.0 Å². The first-order valence-electron chi connectivity index (χ1n) is 10.4. The number of benzene rings is 1. The maximum atomic E-state index is 13.4. The maximum absolute atomic E-state index is 13.4. The highest BCUT2D eigenvalue weighted by atomic mass is 19.1. The lowest BCUT2D eigenvalue weighted by Crippen LogP contribution is -2.02. The third-order valence-electron chi connectivity index (χ3n) is 5.34. The molecule has 0 saturated heterocycles. The van der Waals surface area contributed by atoms with Gasteiger partial charge in [0.1, 0.15) is 28.7 Å². The molecule has 0 radical (unpaired) electrons. The van der Waals surface area contributed by atoms with Crippen molar-refractivity contribution in [3.63, 3.8) is 0 Å². The van der Waals surface area contributed by atoms with Crippen molar-refractivity contribution in [1.29, 1.82) is 0 Å². The quantitative estimate of drug-likeness (QED) is 0.423. The molecular weight excluding hydrogens is 421 g/mol. The number of nitrogens with one attached hydrogen (secondary N) is 1. The van der Waals surface area contributed by atoms with Crippen LogP contribution in [0, 0.1) is 19.7 Å². The number of aryl methyl sites for hydroxylation is 3. The molecule has 166 valence electrons. The zero-order chi connectivity index (χ0) is 23.1. The monoisotopic (exact) mass is 443 g/mol. The number of hydrogen-bond donors (Lipinski definition) is 1. The molecule has 1 N–H and O–H groups in total. The first kappa shape index (κ1) is 20.6. The van der Waals surface area contributed by atoms with E-state index in [9.17, 15) is 4.39 Å². The van der Waals surface area contributed by atoms with E-state index >= 15 is 0 Å². The van der Waals surface area contributed by atoms with Crippen LogP contribution in [0.3, 0.4) is 0 Å². The van der Waals surface area contributed by atoms with E-state index in [0.717, 1.165) is 28.3 Å². The first-order valence-corrected chi connectivity index (χ1v) is 10.4. The van der Waals surface area contributed by atoms with Crippen molar-refractivity contribution in [2.75, 3.05) is 12.4 Å². The van der Waals surface area contributed by atoms with Crippen molar-refractivity contribution in [3.05, 3.63) is 72.2 Å². The molecule has 8 nitrogen and oxygen atoms in total. The molecule has 0 aliphatic heterocycles. The fourth-order valence-electron chi connectivity index (χ4n) is 3.77. The third kappa shape index (κ3) is 3.78. The van der Waals surface area contributed by atoms with Crippen molar-refractivity contribution in [1.82, 2.24) is 29.1 Å². The molecule has 1 aromatic carbocycles. The Labute approximate surface area is 189 Å². The Bertz CT molecular complexity index is 1470. The molecule has 4 heterocycles. The molecule has 9 heteroatoms. The van der Waals surface area contributed by atoms with Gasteiger partial charge in [-0.25, -0.2) is 19.3 Å². The Morgan fingerprint density at radius 3 is 2.45 bits per heavy atom. The van der Waals surface area contributed by atoms with E-state index in [1.165, 1.54) is 12.1 Å². The van der Waals surface area contributed by atoms with E-state index in [1.807, 2.05) is 54.4 Å². The van der Waals surface area contributed by atoms with Crippen LogP contribution in [0.5, 0.6) is 5.88 Å². The summed E-state index contributed by atoms with van der Waals surface area (Å²) in [4.78, 5) is 18.4. The number of ether oxygens (including phenoxy) is 1. The summed E-state index contributed by atoms with van der Waals surface area (Å²) >= 11 is 0. The molecule has 0 aliphatic carbocycles. The molecule has 0 bridgehead atoms. The molecule has 0 saturated carbocycles. The Morgan fingerprint density at radius 1 is 0.970 bits per heavy atom. The van der Waals surface area contributed by atoms with Crippen LogP contribution >= 0.6 is 0 Å². The van der Waals surface area contributed by atoms with Crippen LogP contribution in [0.15, 0.2) is 55.0 Å². The topological polar surface area (TPSA) is 82.7 Å². The van der Waals surface area contributed by atoms with Crippen molar-refractivity contribution in [2.24, 2.45) is 7.05 Å². The molecule has 0 unspecified atom stereocenters. The summed E-state index contributed by atoms with van der Waals surface area (Å²) in [5.41, 5.74) is 5.50. The van der Waals surface area contributed by atoms with Gasteiger partial charge in [0.25, 0.3) is 0 Å². The second-order valence-electron chi connectivity index (χ2n) is 7.76. The minimum Gasteiger partial charge on any atom is -0.479 e.